The largest absolute Gasteiger partial charge is 0.354 e. The van der Waals surface area contributed by atoms with Crippen molar-refractivity contribution in [3.05, 3.63) is 63.6 Å². The highest BCUT2D eigenvalue weighted by Gasteiger charge is 2.30. The Hall–Kier alpha value is -2.29. The molecule has 1 N–H and O–H groups in total. The van der Waals surface area contributed by atoms with Crippen molar-refractivity contribution in [1.29, 1.82) is 0 Å². The van der Waals surface area contributed by atoms with Crippen LogP contribution in [0, 0.1) is 0 Å². The molecular weight excluding hydrogens is 521 g/mol. The molecule has 0 saturated carbocycles. The number of nitrogens with zero attached hydrogens (tertiary/aromatic N) is 2. The number of sulfonamides is 1. The molecular formula is C26H35Cl2N3O4S. The van der Waals surface area contributed by atoms with E-state index in [0.717, 1.165) is 22.5 Å². The number of benzene rings is 2. The smallest absolute Gasteiger partial charge is 0.244 e. The molecule has 0 heterocycles. The average Bonchev–Trinajstić information content (AvgIpc) is 2.78. The number of hydrogen-bond acceptors (Lipinski definition) is 4. The first-order valence-corrected chi connectivity index (χ1v) is 14.3. The fourth-order valence-corrected chi connectivity index (χ4v) is 4.87. The topological polar surface area (TPSA) is 86.8 Å². The molecule has 198 valence electrons. The van der Waals surface area contributed by atoms with Crippen LogP contribution in [0.5, 0.6) is 0 Å². The third kappa shape index (κ3) is 8.11. The van der Waals surface area contributed by atoms with E-state index in [9.17, 15) is 18.0 Å². The highest BCUT2D eigenvalue weighted by Crippen LogP contribution is 2.27. The number of hydrogen-bond donors (Lipinski definition) is 1. The van der Waals surface area contributed by atoms with Gasteiger partial charge in [0.2, 0.25) is 21.8 Å². The zero-order chi connectivity index (χ0) is 27.3. The van der Waals surface area contributed by atoms with Gasteiger partial charge in [-0.25, -0.2) is 8.42 Å². The maximum atomic E-state index is 13.6. The quantitative estimate of drug-likeness (QED) is 0.446. The van der Waals surface area contributed by atoms with Gasteiger partial charge in [0.1, 0.15) is 12.6 Å². The van der Waals surface area contributed by atoms with Crippen LogP contribution in [-0.2, 0) is 31.6 Å². The lowest BCUT2D eigenvalue weighted by molar-refractivity contribution is -0.139. The Labute approximate surface area is 224 Å². The summed E-state index contributed by atoms with van der Waals surface area (Å²) >= 11 is 12.4. The number of anilines is 1. The highest BCUT2D eigenvalue weighted by molar-refractivity contribution is 7.92. The summed E-state index contributed by atoms with van der Waals surface area (Å²) in [6.45, 7) is 9.72. The van der Waals surface area contributed by atoms with Crippen LogP contribution in [0.25, 0.3) is 0 Å². The van der Waals surface area contributed by atoms with Crippen molar-refractivity contribution in [2.45, 2.75) is 59.0 Å². The Kier molecular flexibility index (Phi) is 10.2. The summed E-state index contributed by atoms with van der Waals surface area (Å²) in [6.07, 6.45) is 1.79. The van der Waals surface area contributed by atoms with Gasteiger partial charge in [0.05, 0.1) is 11.9 Å². The molecule has 2 rings (SSSR count). The predicted octanol–water partition coefficient (Wildman–Crippen LogP) is 5.00. The minimum Gasteiger partial charge on any atom is -0.354 e. The first kappa shape index (κ1) is 29.9. The van der Waals surface area contributed by atoms with Crippen LogP contribution in [0.15, 0.2) is 42.5 Å². The summed E-state index contributed by atoms with van der Waals surface area (Å²) < 4.78 is 26.5. The molecule has 0 aromatic heterocycles. The molecule has 0 spiro atoms. The fourth-order valence-electron chi connectivity index (χ4n) is 3.55. The normalized spacial score (nSPS) is 12.7. The summed E-state index contributed by atoms with van der Waals surface area (Å²) in [5, 5.41) is 3.58. The number of halogens is 2. The van der Waals surface area contributed by atoms with E-state index >= 15 is 0 Å². The second kappa shape index (κ2) is 12.3. The van der Waals surface area contributed by atoms with E-state index in [2.05, 4.69) is 26.1 Å². The Morgan fingerprint density at radius 2 is 1.67 bits per heavy atom. The van der Waals surface area contributed by atoms with E-state index in [4.69, 9.17) is 23.2 Å². The molecule has 1 atom stereocenters. The fraction of sp³-hybridized carbons (Fsp3) is 0.462. The van der Waals surface area contributed by atoms with Crippen LogP contribution < -0.4 is 9.62 Å². The minimum atomic E-state index is -3.80. The Balaban J connectivity index is 2.41. The summed E-state index contributed by atoms with van der Waals surface area (Å²) in [7, 11) is -3.80. The van der Waals surface area contributed by atoms with Gasteiger partial charge in [0.25, 0.3) is 0 Å². The number of nitrogens with one attached hydrogen (secondary N) is 1. The number of carbonyl (C=O) groups excluding carboxylic acids is 2. The molecule has 7 nitrogen and oxygen atoms in total. The molecule has 0 saturated heterocycles. The van der Waals surface area contributed by atoms with Crippen molar-refractivity contribution < 1.29 is 18.0 Å². The monoisotopic (exact) mass is 555 g/mol. The number of amides is 2. The van der Waals surface area contributed by atoms with Gasteiger partial charge in [-0.3, -0.25) is 13.9 Å². The molecule has 0 aliphatic carbocycles. The summed E-state index contributed by atoms with van der Waals surface area (Å²) in [6, 6.07) is 11.1. The van der Waals surface area contributed by atoms with Crippen LogP contribution in [0.1, 0.15) is 52.2 Å². The molecule has 10 heteroatoms. The van der Waals surface area contributed by atoms with Gasteiger partial charge in [0, 0.05) is 23.1 Å². The molecule has 0 fully saturated rings. The molecule has 0 aliphatic heterocycles. The summed E-state index contributed by atoms with van der Waals surface area (Å²) in [5.74, 6) is -0.874. The molecule has 2 aromatic carbocycles. The van der Waals surface area contributed by atoms with E-state index in [1.807, 2.05) is 19.1 Å². The van der Waals surface area contributed by atoms with Crippen LogP contribution in [0.4, 0.5) is 5.69 Å². The van der Waals surface area contributed by atoms with Gasteiger partial charge in [-0.05, 0) is 54.2 Å². The van der Waals surface area contributed by atoms with Gasteiger partial charge < -0.3 is 10.2 Å². The highest BCUT2D eigenvalue weighted by atomic mass is 35.5. The van der Waals surface area contributed by atoms with E-state index in [0.29, 0.717) is 27.8 Å². The minimum absolute atomic E-state index is 0.0100. The van der Waals surface area contributed by atoms with Crippen LogP contribution >= 0.6 is 23.2 Å². The van der Waals surface area contributed by atoms with Gasteiger partial charge >= 0.3 is 0 Å². The van der Waals surface area contributed by atoms with Crippen LogP contribution in [0.2, 0.25) is 10.0 Å². The molecule has 0 bridgehead atoms. The van der Waals surface area contributed by atoms with E-state index in [-0.39, 0.29) is 17.9 Å². The SMILES string of the molecule is CCCNC(=O)C(C)N(Cc1ccc(Cl)cc1Cl)C(=O)CN(c1ccc(C(C)(C)C)cc1)S(C)(=O)=O. The second-order valence-corrected chi connectivity index (χ2v) is 12.5. The van der Waals surface area contributed by atoms with Crippen molar-refractivity contribution in [3.63, 3.8) is 0 Å². The average molecular weight is 557 g/mol. The zero-order valence-electron chi connectivity index (χ0n) is 21.6. The number of rotatable bonds is 10. The first-order valence-electron chi connectivity index (χ1n) is 11.7. The predicted molar refractivity (Wildman–Crippen MR) is 147 cm³/mol. The lowest BCUT2D eigenvalue weighted by Crippen LogP contribution is -2.51. The lowest BCUT2D eigenvalue weighted by Gasteiger charge is -2.32. The molecule has 1 unspecified atom stereocenters. The standard InChI is InChI=1S/C26H35Cl2N3O4S/c1-7-14-29-25(33)18(2)30(16-19-8-11-21(27)15-23(19)28)24(32)17-31(36(6,34)35)22-12-9-20(10-13-22)26(3,4)5/h8-13,15,18H,7,14,16-17H2,1-6H3,(H,29,33). The number of carbonyl (C=O) groups is 2. The van der Waals surface area contributed by atoms with E-state index < -0.39 is 28.5 Å². The maximum absolute atomic E-state index is 13.6. The summed E-state index contributed by atoms with van der Waals surface area (Å²) in [5.41, 5.74) is 1.88. The Bertz CT molecular complexity index is 1180. The van der Waals surface area contributed by atoms with Crippen LogP contribution in [-0.4, -0.2) is 50.5 Å². The molecule has 2 amide bonds. The Morgan fingerprint density at radius 3 is 2.17 bits per heavy atom. The Morgan fingerprint density at radius 1 is 1.06 bits per heavy atom. The van der Waals surface area contributed by atoms with Crippen molar-refractivity contribution in [2.24, 2.45) is 0 Å². The van der Waals surface area contributed by atoms with E-state index in [1.54, 1.807) is 37.3 Å². The summed E-state index contributed by atoms with van der Waals surface area (Å²) in [4.78, 5) is 27.7. The van der Waals surface area contributed by atoms with E-state index in [1.165, 1.54) is 4.90 Å². The van der Waals surface area contributed by atoms with Crippen molar-refractivity contribution in [1.82, 2.24) is 10.2 Å². The van der Waals surface area contributed by atoms with Gasteiger partial charge in [0.15, 0.2) is 0 Å². The first-order chi connectivity index (χ1) is 16.6. The zero-order valence-corrected chi connectivity index (χ0v) is 24.0. The molecule has 2 aromatic rings. The maximum Gasteiger partial charge on any atom is 0.244 e. The van der Waals surface area contributed by atoms with Crippen LogP contribution in [0.3, 0.4) is 0 Å². The van der Waals surface area contributed by atoms with Gasteiger partial charge in [-0.15, -0.1) is 0 Å². The third-order valence-electron chi connectivity index (χ3n) is 5.77. The third-order valence-corrected chi connectivity index (χ3v) is 7.50. The molecule has 0 aliphatic rings. The van der Waals surface area contributed by atoms with Gasteiger partial charge in [-0.1, -0.05) is 69.1 Å². The van der Waals surface area contributed by atoms with Crippen molar-refractivity contribution in [2.75, 3.05) is 23.7 Å². The van der Waals surface area contributed by atoms with Gasteiger partial charge in [-0.2, -0.15) is 0 Å². The molecule has 0 radical (unpaired) electrons. The molecule has 36 heavy (non-hydrogen) atoms. The van der Waals surface area contributed by atoms with Crippen molar-refractivity contribution >= 4 is 50.7 Å². The lowest BCUT2D eigenvalue weighted by atomic mass is 9.87. The van der Waals surface area contributed by atoms with Crippen molar-refractivity contribution in [3.8, 4) is 0 Å². The second-order valence-electron chi connectivity index (χ2n) is 9.79.